The predicted molar refractivity (Wildman–Crippen MR) is 73.9 cm³/mol. The van der Waals surface area contributed by atoms with E-state index in [-0.39, 0.29) is 11.8 Å². The number of hydrogen-bond acceptors (Lipinski definition) is 3. The molecule has 2 N–H and O–H groups in total. The van der Waals surface area contributed by atoms with Crippen LogP contribution in [0.25, 0.3) is 0 Å². The fraction of sp³-hybridized carbons (Fsp3) is 0.571. The van der Waals surface area contributed by atoms with Gasteiger partial charge in [-0.3, -0.25) is 9.59 Å². The molecule has 1 heterocycles. The molecule has 2 rings (SSSR count). The van der Waals surface area contributed by atoms with E-state index >= 15 is 0 Å². The second kappa shape index (κ2) is 5.74. The van der Waals surface area contributed by atoms with Gasteiger partial charge in [0.15, 0.2) is 0 Å². The number of thiophene rings is 1. The van der Waals surface area contributed by atoms with Gasteiger partial charge < -0.3 is 10.4 Å². The Bertz CT molecular complexity index is 483. The standard InChI is InChI=1S/C14H19NO3S/c1-8-5-11(12(6-8)14(17)18)13(16)15-7-10-4-3-9(2)19-10/h3-4,8,11-12H,5-7H2,1-2H3,(H,15,16)(H,17,18)/t8?,11-,12+/m0/s1. The van der Waals surface area contributed by atoms with E-state index in [2.05, 4.69) is 5.32 Å². The highest BCUT2D eigenvalue weighted by Gasteiger charge is 2.40. The van der Waals surface area contributed by atoms with Gasteiger partial charge in [-0.15, -0.1) is 11.3 Å². The first-order chi connectivity index (χ1) is 8.97. The third kappa shape index (κ3) is 3.35. The van der Waals surface area contributed by atoms with Crippen LogP contribution in [0, 0.1) is 24.7 Å². The van der Waals surface area contributed by atoms with Crippen molar-refractivity contribution in [1.29, 1.82) is 0 Å². The van der Waals surface area contributed by atoms with Crippen LogP contribution in [0.3, 0.4) is 0 Å². The summed E-state index contributed by atoms with van der Waals surface area (Å²) < 4.78 is 0. The molecule has 4 nitrogen and oxygen atoms in total. The Morgan fingerprint density at radius 2 is 2.05 bits per heavy atom. The van der Waals surface area contributed by atoms with E-state index in [0.29, 0.717) is 25.3 Å². The van der Waals surface area contributed by atoms with Crippen molar-refractivity contribution in [2.75, 3.05) is 0 Å². The summed E-state index contributed by atoms with van der Waals surface area (Å²) in [6.07, 6.45) is 1.28. The fourth-order valence-electron chi connectivity index (χ4n) is 2.74. The molecule has 1 aromatic rings. The van der Waals surface area contributed by atoms with E-state index in [1.54, 1.807) is 11.3 Å². The minimum Gasteiger partial charge on any atom is -0.481 e. The molecule has 1 aromatic heterocycles. The SMILES string of the molecule is Cc1ccc(CNC(=O)[C@H]2CC(C)C[C@H]2C(=O)O)s1. The van der Waals surface area contributed by atoms with Crippen molar-refractivity contribution in [3.05, 3.63) is 21.9 Å². The van der Waals surface area contributed by atoms with E-state index in [1.165, 1.54) is 4.88 Å². The molecule has 19 heavy (non-hydrogen) atoms. The molecular formula is C14H19NO3S. The molecule has 0 bridgehead atoms. The maximum atomic E-state index is 12.1. The lowest BCUT2D eigenvalue weighted by molar-refractivity contribution is -0.146. The van der Waals surface area contributed by atoms with Crippen LogP contribution in [0.2, 0.25) is 0 Å². The van der Waals surface area contributed by atoms with E-state index in [4.69, 9.17) is 5.11 Å². The van der Waals surface area contributed by atoms with Crippen LogP contribution < -0.4 is 5.32 Å². The first-order valence-corrected chi connectivity index (χ1v) is 7.35. The molecule has 1 fully saturated rings. The molecule has 0 saturated heterocycles. The van der Waals surface area contributed by atoms with E-state index in [0.717, 1.165) is 4.88 Å². The van der Waals surface area contributed by atoms with Crippen molar-refractivity contribution in [2.45, 2.75) is 33.2 Å². The van der Waals surface area contributed by atoms with E-state index < -0.39 is 11.9 Å². The van der Waals surface area contributed by atoms with Gasteiger partial charge in [-0.05, 0) is 37.8 Å². The van der Waals surface area contributed by atoms with Gasteiger partial charge in [0.05, 0.1) is 18.4 Å². The molecule has 1 aliphatic rings. The van der Waals surface area contributed by atoms with Gasteiger partial charge >= 0.3 is 5.97 Å². The van der Waals surface area contributed by atoms with Crippen molar-refractivity contribution < 1.29 is 14.7 Å². The second-order valence-corrected chi connectivity index (χ2v) is 6.73. The van der Waals surface area contributed by atoms with E-state index in [9.17, 15) is 9.59 Å². The first-order valence-electron chi connectivity index (χ1n) is 6.53. The minimum absolute atomic E-state index is 0.122. The number of carboxylic acids is 1. The van der Waals surface area contributed by atoms with Crippen LogP contribution in [-0.2, 0) is 16.1 Å². The normalized spacial score (nSPS) is 26.3. The van der Waals surface area contributed by atoms with Gasteiger partial charge in [0.1, 0.15) is 0 Å². The smallest absolute Gasteiger partial charge is 0.307 e. The number of rotatable bonds is 4. The average molecular weight is 281 g/mol. The molecular weight excluding hydrogens is 262 g/mol. The maximum Gasteiger partial charge on any atom is 0.307 e. The van der Waals surface area contributed by atoms with Gasteiger partial charge in [-0.1, -0.05) is 6.92 Å². The Morgan fingerprint density at radius 3 is 2.63 bits per heavy atom. The summed E-state index contributed by atoms with van der Waals surface area (Å²) in [4.78, 5) is 25.6. The highest BCUT2D eigenvalue weighted by atomic mass is 32.1. The molecule has 5 heteroatoms. The van der Waals surface area contributed by atoms with Crippen molar-refractivity contribution in [3.8, 4) is 0 Å². The van der Waals surface area contributed by atoms with Gasteiger partial charge in [0.2, 0.25) is 5.91 Å². The lowest BCUT2D eigenvalue weighted by atomic mass is 9.95. The molecule has 0 spiro atoms. The summed E-state index contributed by atoms with van der Waals surface area (Å²) in [5.74, 6) is -1.58. The quantitative estimate of drug-likeness (QED) is 0.890. The zero-order valence-corrected chi connectivity index (χ0v) is 12.0. The van der Waals surface area contributed by atoms with Crippen molar-refractivity contribution in [2.24, 2.45) is 17.8 Å². The van der Waals surface area contributed by atoms with E-state index in [1.807, 2.05) is 26.0 Å². The average Bonchev–Trinajstić information content (AvgIpc) is 2.92. The Morgan fingerprint density at radius 1 is 1.37 bits per heavy atom. The molecule has 1 unspecified atom stereocenters. The Labute approximate surface area is 116 Å². The van der Waals surface area contributed by atoms with Crippen LogP contribution in [0.1, 0.15) is 29.5 Å². The third-order valence-electron chi connectivity index (χ3n) is 3.69. The van der Waals surface area contributed by atoms with Gasteiger partial charge in [-0.25, -0.2) is 0 Å². The molecule has 0 aromatic carbocycles. The highest BCUT2D eigenvalue weighted by Crippen LogP contribution is 2.36. The zero-order valence-electron chi connectivity index (χ0n) is 11.2. The summed E-state index contributed by atoms with van der Waals surface area (Å²) in [6.45, 7) is 4.52. The molecule has 1 saturated carbocycles. The van der Waals surface area contributed by atoms with Crippen molar-refractivity contribution >= 4 is 23.2 Å². The third-order valence-corrected chi connectivity index (χ3v) is 4.69. The summed E-state index contributed by atoms with van der Waals surface area (Å²) >= 11 is 1.65. The van der Waals surface area contributed by atoms with Crippen LogP contribution in [0.15, 0.2) is 12.1 Å². The second-order valence-electron chi connectivity index (χ2n) is 5.36. The molecule has 1 amide bonds. The lowest BCUT2D eigenvalue weighted by Crippen LogP contribution is -2.34. The fourth-order valence-corrected chi connectivity index (χ4v) is 3.57. The van der Waals surface area contributed by atoms with Crippen LogP contribution >= 0.6 is 11.3 Å². The largest absolute Gasteiger partial charge is 0.481 e. The van der Waals surface area contributed by atoms with Crippen molar-refractivity contribution in [3.63, 3.8) is 0 Å². The number of carbonyl (C=O) groups is 2. The number of nitrogens with one attached hydrogen (secondary N) is 1. The van der Waals surface area contributed by atoms with Crippen LogP contribution in [-0.4, -0.2) is 17.0 Å². The summed E-state index contributed by atoms with van der Waals surface area (Å²) in [5.41, 5.74) is 0. The lowest BCUT2D eigenvalue weighted by Gasteiger charge is -2.15. The van der Waals surface area contributed by atoms with Crippen LogP contribution in [0.5, 0.6) is 0 Å². The summed E-state index contributed by atoms with van der Waals surface area (Å²) in [7, 11) is 0. The number of carboxylic acid groups (broad SMARTS) is 1. The summed E-state index contributed by atoms with van der Waals surface area (Å²) in [6, 6.07) is 4.01. The minimum atomic E-state index is -0.850. The Balaban J connectivity index is 1.93. The van der Waals surface area contributed by atoms with Gasteiger partial charge in [0, 0.05) is 9.75 Å². The van der Waals surface area contributed by atoms with Gasteiger partial charge in [-0.2, -0.15) is 0 Å². The molecule has 0 aliphatic heterocycles. The number of amides is 1. The molecule has 104 valence electrons. The molecule has 1 aliphatic carbocycles. The molecule has 3 atom stereocenters. The Kier molecular flexibility index (Phi) is 4.24. The number of carbonyl (C=O) groups excluding carboxylic acids is 1. The number of aryl methyl sites for hydroxylation is 1. The number of aliphatic carboxylic acids is 1. The Hall–Kier alpha value is -1.36. The number of hydrogen-bond donors (Lipinski definition) is 2. The summed E-state index contributed by atoms with van der Waals surface area (Å²) in [5, 5.41) is 12.0. The zero-order chi connectivity index (χ0) is 14.0. The van der Waals surface area contributed by atoms with Gasteiger partial charge in [0.25, 0.3) is 0 Å². The monoisotopic (exact) mass is 281 g/mol. The van der Waals surface area contributed by atoms with Crippen LogP contribution in [0.4, 0.5) is 0 Å². The predicted octanol–water partition coefficient (Wildman–Crippen LogP) is 2.42. The first kappa shape index (κ1) is 14.1. The van der Waals surface area contributed by atoms with Crippen molar-refractivity contribution in [1.82, 2.24) is 5.32 Å². The highest BCUT2D eigenvalue weighted by molar-refractivity contribution is 7.11. The maximum absolute atomic E-state index is 12.1. The topological polar surface area (TPSA) is 66.4 Å². The molecule has 0 radical (unpaired) electrons.